The van der Waals surface area contributed by atoms with Crippen molar-refractivity contribution in [2.45, 2.75) is 12.0 Å². The molecule has 0 radical (unpaired) electrons. The van der Waals surface area contributed by atoms with E-state index in [-0.39, 0.29) is 23.2 Å². The van der Waals surface area contributed by atoms with Crippen LogP contribution in [0.5, 0.6) is 0 Å². The number of aromatic nitrogens is 2. The molecule has 0 saturated heterocycles. The highest BCUT2D eigenvalue weighted by Crippen LogP contribution is 2.27. The molecule has 1 aromatic heterocycles. The van der Waals surface area contributed by atoms with Crippen molar-refractivity contribution in [3.63, 3.8) is 0 Å². The molecular formula is C12H11N5O4S. The lowest BCUT2D eigenvalue weighted by atomic mass is 10.1. The fraction of sp³-hybridized carbons (Fsp3) is 0.167. The molecule has 10 heteroatoms. The SMILES string of the molecule is NC1SC=CN1Cc1cc([N+](=O)[O-])cc2[nH]c(=O)c(=O)[nH]c12. The summed E-state index contributed by atoms with van der Waals surface area (Å²) >= 11 is 1.41. The molecule has 1 atom stereocenters. The van der Waals surface area contributed by atoms with Gasteiger partial charge in [0, 0.05) is 30.4 Å². The van der Waals surface area contributed by atoms with E-state index in [2.05, 4.69) is 9.97 Å². The number of nitrogens with two attached hydrogens (primary N) is 1. The van der Waals surface area contributed by atoms with Crippen molar-refractivity contribution in [1.29, 1.82) is 0 Å². The summed E-state index contributed by atoms with van der Waals surface area (Å²) in [6, 6.07) is 2.57. The lowest BCUT2D eigenvalue weighted by molar-refractivity contribution is -0.384. The van der Waals surface area contributed by atoms with Gasteiger partial charge in [0.1, 0.15) is 5.50 Å². The lowest BCUT2D eigenvalue weighted by Crippen LogP contribution is -2.33. The van der Waals surface area contributed by atoms with Gasteiger partial charge in [-0.1, -0.05) is 11.8 Å². The van der Waals surface area contributed by atoms with E-state index in [9.17, 15) is 19.7 Å². The van der Waals surface area contributed by atoms with Gasteiger partial charge >= 0.3 is 11.1 Å². The van der Waals surface area contributed by atoms with Crippen molar-refractivity contribution in [3.05, 3.63) is 60.1 Å². The quantitative estimate of drug-likeness (QED) is 0.422. The molecule has 0 aliphatic carbocycles. The van der Waals surface area contributed by atoms with Crippen LogP contribution in [0.3, 0.4) is 0 Å². The number of benzene rings is 1. The molecule has 1 aromatic carbocycles. The molecule has 22 heavy (non-hydrogen) atoms. The number of nitro groups is 1. The molecule has 2 aromatic rings. The number of hydrogen-bond donors (Lipinski definition) is 3. The van der Waals surface area contributed by atoms with Crippen LogP contribution in [0, 0.1) is 10.1 Å². The van der Waals surface area contributed by atoms with E-state index < -0.39 is 16.0 Å². The normalized spacial score (nSPS) is 17.3. The highest BCUT2D eigenvalue weighted by Gasteiger charge is 2.19. The van der Waals surface area contributed by atoms with Crippen LogP contribution in [0.2, 0.25) is 0 Å². The summed E-state index contributed by atoms with van der Waals surface area (Å²) < 4.78 is 0. The van der Waals surface area contributed by atoms with Crippen molar-refractivity contribution >= 4 is 28.5 Å². The van der Waals surface area contributed by atoms with E-state index in [1.807, 2.05) is 5.41 Å². The smallest absolute Gasteiger partial charge is 0.314 e. The first-order valence-electron chi connectivity index (χ1n) is 6.23. The second-order valence-corrected chi connectivity index (χ2v) is 5.70. The Labute approximate surface area is 127 Å². The molecule has 2 heterocycles. The number of nitrogens with zero attached hydrogens (tertiary/aromatic N) is 2. The summed E-state index contributed by atoms with van der Waals surface area (Å²) in [6.45, 7) is 0.269. The number of hydrogen-bond acceptors (Lipinski definition) is 7. The number of thioether (sulfide) groups is 1. The van der Waals surface area contributed by atoms with Gasteiger partial charge in [0.2, 0.25) is 0 Å². The van der Waals surface area contributed by atoms with Gasteiger partial charge in [0.25, 0.3) is 5.69 Å². The molecule has 0 amide bonds. The fourth-order valence-electron chi connectivity index (χ4n) is 2.21. The molecule has 0 saturated carbocycles. The van der Waals surface area contributed by atoms with Gasteiger partial charge in [-0.3, -0.25) is 19.7 Å². The van der Waals surface area contributed by atoms with Crippen LogP contribution >= 0.6 is 11.8 Å². The maximum atomic E-state index is 11.5. The van der Waals surface area contributed by atoms with Gasteiger partial charge in [-0.15, -0.1) is 0 Å². The van der Waals surface area contributed by atoms with E-state index in [1.165, 1.54) is 23.9 Å². The summed E-state index contributed by atoms with van der Waals surface area (Å²) in [4.78, 5) is 40.0. The molecule has 9 nitrogen and oxygen atoms in total. The molecule has 4 N–H and O–H groups in total. The van der Waals surface area contributed by atoms with Crippen molar-refractivity contribution in [1.82, 2.24) is 14.9 Å². The minimum atomic E-state index is -0.854. The number of nitro benzene ring substituents is 1. The Morgan fingerprint density at radius 3 is 2.68 bits per heavy atom. The van der Waals surface area contributed by atoms with Gasteiger partial charge in [-0.2, -0.15) is 0 Å². The van der Waals surface area contributed by atoms with Crippen LogP contribution in [0.1, 0.15) is 5.56 Å². The number of nitrogens with one attached hydrogen (secondary N) is 2. The monoisotopic (exact) mass is 321 g/mol. The third kappa shape index (κ3) is 2.49. The second kappa shape index (κ2) is 5.31. The van der Waals surface area contributed by atoms with Crippen LogP contribution in [0.25, 0.3) is 11.0 Å². The third-order valence-electron chi connectivity index (χ3n) is 3.26. The summed E-state index contributed by atoms with van der Waals surface area (Å²) in [7, 11) is 0. The maximum absolute atomic E-state index is 11.5. The molecule has 3 rings (SSSR count). The highest BCUT2D eigenvalue weighted by atomic mass is 32.2. The third-order valence-corrected chi connectivity index (χ3v) is 4.09. The molecule has 1 aliphatic rings. The van der Waals surface area contributed by atoms with Crippen LogP contribution in [-0.2, 0) is 6.54 Å². The zero-order chi connectivity index (χ0) is 15.9. The predicted molar refractivity (Wildman–Crippen MR) is 82.1 cm³/mol. The Morgan fingerprint density at radius 2 is 2.05 bits per heavy atom. The number of rotatable bonds is 3. The maximum Gasteiger partial charge on any atom is 0.314 e. The van der Waals surface area contributed by atoms with Crippen LogP contribution < -0.4 is 16.9 Å². The number of H-pyrrole nitrogens is 2. The number of fused-ring (bicyclic) bond motifs is 1. The summed E-state index contributed by atoms with van der Waals surface area (Å²) in [5, 5.41) is 12.8. The largest absolute Gasteiger partial charge is 0.349 e. The fourth-order valence-corrected chi connectivity index (χ4v) is 2.90. The van der Waals surface area contributed by atoms with Gasteiger partial charge in [0.05, 0.1) is 16.0 Å². The Bertz CT molecular complexity index is 903. The molecule has 0 spiro atoms. The summed E-state index contributed by atoms with van der Waals surface area (Å²) in [5.41, 5.74) is 4.81. The molecule has 1 unspecified atom stereocenters. The summed E-state index contributed by atoms with van der Waals surface area (Å²) in [5.74, 6) is 0. The van der Waals surface area contributed by atoms with Crippen LogP contribution in [0.4, 0.5) is 5.69 Å². The van der Waals surface area contributed by atoms with Gasteiger partial charge < -0.3 is 20.6 Å². The Morgan fingerprint density at radius 1 is 1.32 bits per heavy atom. The molecule has 1 aliphatic heterocycles. The molecule has 0 bridgehead atoms. The number of non-ortho nitro benzene ring substituents is 1. The second-order valence-electron chi connectivity index (χ2n) is 4.68. The first-order valence-corrected chi connectivity index (χ1v) is 7.17. The minimum absolute atomic E-state index is 0.172. The van der Waals surface area contributed by atoms with E-state index in [1.54, 1.807) is 11.1 Å². The standard InChI is InChI=1S/C12H11N5O4S/c13-12-16(1-2-22-12)5-6-3-7(17(20)21)4-8-9(6)15-11(19)10(18)14-8/h1-4,12H,5,13H2,(H,14,18)(H,15,19). The average molecular weight is 321 g/mol. The minimum Gasteiger partial charge on any atom is -0.349 e. The van der Waals surface area contributed by atoms with Crippen molar-refractivity contribution in [2.24, 2.45) is 5.73 Å². The van der Waals surface area contributed by atoms with Gasteiger partial charge in [-0.25, -0.2) is 0 Å². The number of aromatic amines is 2. The van der Waals surface area contributed by atoms with Gasteiger partial charge in [-0.05, 0) is 5.41 Å². The van der Waals surface area contributed by atoms with E-state index in [0.29, 0.717) is 11.1 Å². The zero-order valence-electron chi connectivity index (χ0n) is 11.1. The van der Waals surface area contributed by atoms with Crippen molar-refractivity contribution in [2.75, 3.05) is 0 Å². The predicted octanol–water partition coefficient (Wildman–Crippen LogP) is 0.387. The van der Waals surface area contributed by atoms with E-state index in [0.717, 1.165) is 0 Å². The molecule has 0 fully saturated rings. The van der Waals surface area contributed by atoms with Crippen molar-refractivity contribution < 1.29 is 4.92 Å². The topological polar surface area (TPSA) is 138 Å². The summed E-state index contributed by atoms with van der Waals surface area (Å²) in [6.07, 6.45) is 1.77. The molecule has 114 valence electrons. The highest BCUT2D eigenvalue weighted by molar-refractivity contribution is 8.02. The van der Waals surface area contributed by atoms with E-state index in [4.69, 9.17) is 5.73 Å². The first-order chi connectivity index (χ1) is 10.5. The molecular weight excluding hydrogens is 310 g/mol. The zero-order valence-corrected chi connectivity index (χ0v) is 11.9. The van der Waals surface area contributed by atoms with Crippen LogP contribution in [-0.4, -0.2) is 25.3 Å². The first kappa shape index (κ1) is 14.4. The van der Waals surface area contributed by atoms with Crippen LogP contribution in [0.15, 0.2) is 33.3 Å². The van der Waals surface area contributed by atoms with E-state index >= 15 is 0 Å². The Balaban J connectivity index is 2.19. The Kier molecular flexibility index (Phi) is 3.47. The Hall–Kier alpha value is -2.59. The average Bonchev–Trinajstić information content (AvgIpc) is 2.86. The van der Waals surface area contributed by atoms with Crippen molar-refractivity contribution in [3.8, 4) is 0 Å². The van der Waals surface area contributed by atoms with Gasteiger partial charge in [0.15, 0.2) is 0 Å². The lowest BCUT2D eigenvalue weighted by Gasteiger charge is -2.21.